The SMILES string of the molecule is CCCC1(CNCc2ccc(OC)c(Br)c2)CC1. The van der Waals surface area contributed by atoms with Gasteiger partial charge in [0.2, 0.25) is 0 Å². The van der Waals surface area contributed by atoms with Gasteiger partial charge in [0.05, 0.1) is 11.6 Å². The summed E-state index contributed by atoms with van der Waals surface area (Å²) in [4.78, 5) is 0. The Morgan fingerprint density at radius 1 is 1.39 bits per heavy atom. The van der Waals surface area contributed by atoms with Crippen LogP contribution in [0.5, 0.6) is 5.75 Å². The van der Waals surface area contributed by atoms with Crippen LogP contribution in [0.4, 0.5) is 0 Å². The summed E-state index contributed by atoms with van der Waals surface area (Å²) in [5, 5.41) is 3.59. The van der Waals surface area contributed by atoms with Crippen LogP contribution in [0, 0.1) is 5.41 Å². The van der Waals surface area contributed by atoms with Crippen molar-refractivity contribution in [2.45, 2.75) is 39.2 Å². The lowest BCUT2D eigenvalue weighted by Gasteiger charge is -2.15. The second kappa shape index (κ2) is 6.07. The number of ether oxygens (including phenoxy) is 1. The molecule has 1 aliphatic rings. The van der Waals surface area contributed by atoms with E-state index in [1.54, 1.807) is 7.11 Å². The predicted molar refractivity (Wildman–Crippen MR) is 79.0 cm³/mol. The second-order valence-corrected chi connectivity index (χ2v) is 6.18. The average molecular weight is 312 g/mol. The van der Waals surface area contributed by atoms with Crippen LogP contribution in [-0.2, 0) is 6.54 Å². The molecule has 0 atom stereocenters. The molecule has 0 aliphatic heterocycles. The van der Waals surface area contributed by atoms with E-state index in [-0.39, 0.29) is 0 Å². The lowest BCUT2D eigenvalue weighted by molar-refractivity contribution is 0.411. The first-order valence-corrected chi connectivity index (χ1v) is 7.51. The Kier molecular flexibility index (Phi) is 4.68. The normalized spacial score (nSPS) is 16.6. The quantitative estimate of drug-likeness (QED) is 0.817. The number of hydrogen-bond acceptors (Lipinski definition) is 2. The van der Waals surface area contributed by atoms with E-state index in [1.165, 1.54) is 31.2 Å². The Labute approximate surface area is 118 Å². The van der Waals surface area contributed by atoms with Crippen molar-refractivity contribution in [3.05, 3.63) is 28.2 Å². The Morgan fingerprint density at radius 3 is 2.72 bits per heavy atom. The zero-order chi connectivity index (χ0) is 13.0. The molecule has 1 saturated carbocycles. The van der Waals surface area contributed by atoms with Crippen molar-refractivity contribution in [1.29, 1.82) is 0 Å². The molecule has 1 fully saturated rings. The van der Waals surface area contributed by atoms with E-state index >= 15 is 0 Å². The zero-order valence-corrected chi connectivity index (χ0v) is 12.8. The third kappa shape index (κ3) is 3.48. The first kappa shape index (κ1) is 13.9. The highest BCUT2D eigenvalue weighted by atomic mass is 79.9. The van der Waals surface area contributed by atoms with Crippen LogP contribution < -0.4 is 10.1 Å². The molecule has 100 valence electrons. The van der Waals surface area contributed by atoms with Crippen molar-refractivity contribution in [2.24, 2.45) is 5.41 Å². The minimum absolute atomic E-state index is 0.623. The molecule has 2 rings (SSSR count). The van der Waals surface area contributed by atoms with E-state index in [9.17, 15) is 0 Å². The van der Waals surface area contributed by atoms with Gasteiger partial charge in [-0.25, -0.2) is 0 Å². The number of benzene rings is 1. The molecule has 18 heavy (non-hydrogen) atoms. The van der Waals surface area contributed by atoms with Crippen LogP contribution in [0.3, 0.4) is 0 Å². The van der Waals surface area contributed by atoms with Gasteiger partial charge in [0.1, 0.15) is 5.75 Å². The van der Waals surface area contributed by atoms with E-state index < -0.39 is 0 Å². The van der Waals surface area contributed by atoms with Crippen molar-refractivity contribution >= 4 is 15.9 Å². The maximum absolute atomic E-state index is 5.23. The van der Waals surface area contributed by atoms with Crippen LogP contribution in [0.1, 0.15) is 38.2 Å². The highest BCUT2D eigenvalue weighted by molar-refractivity contribution is 9.10. The van der Waals surface area contributed by atoms with Gasteiger partial charge in [0.25, 0.3) is 0 Å². The third-order valence-corrected chi connectivity index (χ3v) is 4.40. The molecule has 2 nitrogen and oxygen atoms in total. The van der Waals surface area contributed by atoms with Gasteiger partial charge in [-0.2, -0.15) is 0 Å². The highest BCUT2D eigenvalue weighted by Gasteiger charge is 2.40. The molecule has 0 heterocycles. The highest BCUT2D eigenvalue weighted by Crippen LogP contribution is 2.48. The number of methoxy groups -OCH3 is 1. The van der Waals surface area contributed by atoms with Gasteiger partial charge in [-0.3, -0.25) is 0 Å². The van der Waals surface area contributed by atoms with Crippen molar-refractivity contribution in [3.8, 4) is 5.75 Å². The molecule has 0 amide bonds. The predicted octanol–water partition coefficient (Wildman–Crippen LogP) is 4.13. The standard InChI is InChI=1S/C15H22BrNO/c1-3-6-15(7-8-15)11-17-10-12-4-5-14(18-2)13(16)9-12/h4-5,9,17H,3,6-8,10-11H2,1-2H3. The summed E-state index contributed by atoms with van der Waals surface area (Å²) in [6.45, 7) is 4.37. The molecule has 3 heteroatoms. The minimum Gasteiger partial charge on any atom is -0.496 e. The van der Waals surface area contributed by atoms with Gasteiger partial charge in [0.15, 0.2) is 0 Å². The van der Waals surface area contributed by atoms with Gasteiger partial charge in [-0.05, 0) is 58.3 Å². The summed E-state index contributed by atoms with van der Waals surface area (Å²) in [6, 6.07) is 6.27. The summed E-state index contributed by atoms with van der Waals surface area (Å²) in [5.74, 6) is 0.892. The number of rotatable bonds is 7. The van der Waals surface area contributed by atoms with E-state index in [0.717, 1.165) is 23.3 Å². The van der Waals surface area contributed by atoms with Crippen molar-refractivity contribution in [2.75, 3.05) is 13.7 Å². The van der Waals surface area contributed by atoms with Gasteiger partial charge in [-0.15, -0.1) is 0 Å². The lowest BCUT2D eigenvalue weighted by atomic mass is 10.0. The first-order chi connectivity index (χ1) is 8.69. The molecule has 0 spiro atoms. The van der Waals surface area contributed by atoms with Crippen LogP contribution in [-0.4, -0.2) is 13.7 Å². The summed E-state index contributed by atoms with van der Waals surface area (Å²) in [7, 11) is 1.69. The largest absolute Gasteiger partial charge is 0.496 e. The van der Waals surface area contributed by atoms with Gasteiger partial charge in [-0.1, -0.05) is 19.4 Å². The van der Waals surface area contributed by atoms with E-state index in [1.807, 2.05) is 6.07 Å². The smallest absolute Gasteiger partial charge is 0.133 e. The Bertz CT molecular complexity index is 401. The number of nitrogens with one attached hydrogen (secondary N) is 1. The fourth-order valence-corrected chi connectivity index (χ4v) is 3.10. The molecule has 1 aliphatic carbocycles. The molecule has 0 aromatic heterocycles. The monoisotopic (exact) mass is 311 g/mol. The van der Waals surface area contributed by atoms with Crippen molar-refractivity contribution in [1.82, 2.24) is 5.32 Å². The second-order valence-electron chi connectivity index (χ2n) is 5.32. The third-order valence-electron chi connectivity index (χ3n) is 3.78. The van der Waals surface area contributed by atoms with Crippen molar-refractivity contribution < 1.29 is 4.74 Å². The van der Waals surface area contributed by atoms with Gasteiger partial charge in [0, 0.05) is 13.1 Å². The van der Waals surface area contributed by atoms with Crippen LogP contribution in [0.15, 0.2) is 22.7 Å². The molecule has 0 unspecified atom stereocenters. The fourth-order valence-electron chi connectivity index (χ4n) is 2.51. The Morgan fingerprint density at radius 2 is 2.17 bits per heavy atom. The van der Waals surface area contributed by atoms with Gasteiger partial charge >= 0.3 is 0 Å². The molecule has 0 saturated heterocycles. The maximum Gasteiger partial charge on any atom is 0.133 e. The molecule has 1 aromatic carbocycles. The molecule has 1 aromatic rings. The van der Waals surface area contributed by atoms with Gasteiger partial charge < -0.3 is 10.1 Å². The van der Waals surface area contributed by atoms with E-state index in [2.05, 4.69) is 40.3 Å². The molecule has 1 N–H and O–H groups in total. The number of hydrogen-bond donors (Lipinski definition) is 1. The summed E-state index contributed by atoms with van der Waals surface area (Å²) >= 11 is 3.52. The molecule has 0 radical (unpaired) electrons. The first-order valence-electron chi connectivity index (χ1n) is 6.72. The van der Waals surface area contributed by atoms with Crippen LogP contribution in [0.25, 0.3) is 0 Å². The van der Waals surface area contributed by atoms with E-state index in [0.29, 0.717) is 5.41 Å². The van der Waals surface area contributed by atoms with Crippen LogP contribution >= 0.6 is 15.9 Å². The van der Waals surface area contributed by atoms with E-state index in [4.69, 9.17) is 4.74 Å². The molecular formula is C15H22BrNO. The molecular weight excluding hydrogens is 290 g/mol. The lowest BCUT2D eigenvalue weighted by Crippen LogP contribution is -2.23. The van der Waals surface area contributed by atoms with Crippen LogP contribution in [0.2, 0.25) is 0 Å². The summed E-state index contributed by atoms with van der Waals surface area (Å²) in [5.41, 5.74) is 1.92. The summed E-state index contributed by atoms with van der Waals surface area (Å²) < 4.78 is 6.26. The minimum atomic E-state index is 0.623. The summed E-state index contributed by atoms with van der Waals surface area (Å²) in [6.07, 6.45) is 5.47. The topological polar surface area (TPSA) is 21.3 Å². The Balaban J connectivity index is 1.82. The number of halogens is 1. The fraction of sp³-hybridized carbons (Fsp3) is 0.600. The zero-order valence-electron chi connectivity index (χ0n) is 11.3. The average Bonchev–Trinajstić information content (AvgIpc) is 3.10. The molecule has 0 bridgehead atoms. The maximum atomic E-state index is 5.23. The Hall–Kier alpha value is -0.540. The van der Waals surface area contributed by atoms with Crippen molar-refractivity contribution in [3.63, 3.8) is 0 Å².